The van der Waals surface area contributed by atoms with Crippen LogP contribution in [0.25, 0.3) is 0 Å². The first-order valence-electron chi connectivity index (χ1n) is 5.21. The predicted molar refractivity (Wildman–Crippen MR) is 58.6 cm³/mol. The first-order valence-corrected chi connectivity index (χ1v) is 5.21. The van der Waals surface area contributed by atoms with E-state index in [2.05, 4.69) is 0 Å². The Hall–Kier alpha value is -2.04. The Morgan fingerprint density at radius 2 is 2.24 bits per heavy atom. The van der Waals surface area contributed by atoms with Crippen LogP contribution in [0.15, 0.2) is 6.07 Å². The molecule has 1 aliphatic heterocycles. The standard InChI is InChI=1S/C12H12O5/c1-6-10(12(14)15)8(3-4-13)5-9-11(6)17-7(2)16-9/h4-5,7H,3H2,1-2H3,(H,14,15). The number of rotatable bonds is 3. The first kappa shape index (κ1) is 11.4. The lowest BCUT2D eigenvalue weighted by Crippen LogP contribution is -2.11. The highest BCUT2D eigenvalue weighted by Gasteiger charge is 2.28. The molecule has 1 heterocycles. The molecular formula is C12H12O5. The van der Waals surface area contributed by atoms with Crippen LogP contribution < -0.4 is 9.47 Å². The molecule has 0 spiro atoms. The molecule has 0 radical (unpaired) electrons. The summed E-state index contributed by atoms with van der Waals surface area (Å²) in [5.74, 6) is -0.119. The third kappa shape index (κ3) is 1.84. The summed E-state index contributed by atoms with van der Waals surface area (Å²) in [6.45, 7) is 3.37. The Kier molecular flexibility index (Phi) is 2.75. The van der Waals surface area contributed by atoms with Crippen molar-refractivity contribution in [2.24, 2.45) is 0 Å². The van der Waals surface area contributed by atoms with Gasteiger partial charge in [0.2, 0.25) is 6.29 Å². The van der Waals surface area contributed by atoms with Crippen LogP contribution >= 0.6 is 0 Å². The molecule has 0 saturated carbocycles. The zero-order chi connectivity index (χ0) is 12.6. The van der Waals surface area contributed by atoms with Gasteiger partial charge in [-0.25, -0.2) is 4.79 Å². The molecule has 0 bridgehead atoms. The smallest absolute Gasteiger partial charge is 0.336 e. The van der Waals surface area contributed by atoms with E-state index in [-0.39, 0.29) is 12.0 Å². The number of carbonyl (C=O) groups is 2. The molecule has 2 rings (SSSR count). The van der Waals surface area contributed by atoms with Gasteiger partial charge >= 0.3 is 5.97 Å². The van der Waals surface area contributed by atoms with E-state index >= 15 is 0 Å². The maximum atomic E-state index is 11.2. The van der Waals surface area contributed by atoms with Gasteiger partial charge < -0.3 is 19.4 Å². The molecule has 1 unspecified atom stereocenters. The molecule has 5 nitrogen and oxygen atoms in total. The maximum Gasteiger partial charge on any atom is 0.336 e. The molecule has 17 heavy (non-hydrogen) atoms. The zero-order valence-electron chi connectivity index (χ0n) is 9.52. The van der Waals surface area contributed by atoms with Gasteiger partial charge in [-0.3, -0.25) is 0 Å². The number of benzene rings is 1. The Balaban J connectivity index is 2.62. The fourth-order valence-electron chi connectivity index (χ4n) is 1.99. The minimum absolute atomic E-state index is 0.0491. The Labute approximate surface area is 98.0 Å². The van der Waals surface area contributed by atoms with E-state index < -0.39 is 12.3 Å². The number of carboxylic acids is 1. The maximum absolute atomic E-state index is 11.2. The summed E-state index contributed by atoms with van der Waals surface area (Å²) < 4.78 is 10.8. The van der Waals surface area contributed by atoms with Crippen LogP contribution in [0.3, 0.4) is 0 Å². The molecule has 0 aromatic heterocycles. The molecule has 1 N–H and O–H groups in total. The van der Waals surface area contributed by atoms with Crippen molar-refractivity contribution in [1.82, 2.24) is 0 Å². The summed E-state index contributed by atoms with van der Waals surface area (Å²) in [6, 6.07) is 1.56. The summed E-state index contributed by atoms with van der Waals surface area (Å²) in [7, 11) is 0. The highest BCUT2D eigenvalue weighted by atomic mass is 16.7. The van der Waals surface area contributed by atoms with Crippen LogP contribution in [-0.4, -0.2) is 23.7 Å². The molecule has 1 aromatic rings. The zero-order valence-corrected chi connectivity index (χ0v) is 9.52. The van der Waals surface area contributed by atoms with Gasteiger partial charge in [0.25, 0.3) is 0 Å². The van der Waals surface area contributed by atoms with Crippen molar-refractivity contribution in [3.8, 4) is 11.5 Å². The lowest BCUT2D eigenvalue weighted by molar-refractivity contribution is -0.107. The molecule has 1 atom stereocenters. The average molecular weight is 236 g/mol. The van der Waals surface area contributed by atoms with Crippen molar-refractivity contribution in [2.45, 2.75) is 26.6 Å². The third-order valence-corrected chi connectivity index (χ3v) is 2.66. The number of aldehydes is 1. The molecule has 0 saturated heterocycles. The highest BCUT2D eigenvalue weighted by molar-refractivity contribution is 5.93. The second-order valence-corrected chi connectivity index (χ2v) is 3.84. The van der Waals surface area contributed by atoms with Crippen LogP contribution in [0, 0.1) is 6.92 Å². The van der Waals surface area contributed by atoms with E-state index in [0.717, 1.165) is 0 Å². The van der Waals surface area contributed by atoms with E-state index in [4.69, 9.17) is 14.6 Å². The van der Waals surface area contributed by atoms with E-state index in [1.807, 2.05) is 0 Å². The highest BCUT2D eigenvalue weighted by Crippen LogP contribution is 2.41. The summed E-state index contributed by atoms with van der Waals surface area (Å²) in [5, 5.41) is 9.16. The second-order valence-electron chi connectivity index (χ2n) is 3.84. The quantitative estimate of drug-likeness (QED) is 0.806. The van der Waals surface area contributed by atoms with Crippen LogP contribution in [0.2, 0.25) is 0 Å². The van der Waals surface area contributed by atoms with E-state index in [0.29, 0.717) is 28.9 Å². The molecule has 1 aromatic carbocycles. The van der Waals surface area contributed by atoms with Gasteiger partial charge in [-0.1, -0.05) is 0 Å². The van der Waals surface area contributed by atoms with Crippen LogP contribution in [0.1, 0.15) is 28.4 Å². The van der Waals surface area contributed by atoms with Crippen molar-refractivity contribution in [3.63, 3.8) is 0 Å². The molecular weight excluding hydrogens is 224 g/mol. The van der Waals surface area contributed by atoms with Gasteiger partial charge in [0, 0.05) is 18.9 Å². The topological polar surface area (TPSA) is 72.8 Å². The van der Waals surface area contributed by atoms with Crippen LogP contribution in [0.5, 0.6) is 11.5 Å². The SMILES string of the molecule is Cc1c2c(cc(CC=O)c1C(=O)O)OC(C)O2. The Bertz CT molecular complexity index is 492. The van der Waals surface area contributed by atoms with Crippen LogP contribution in [0.4, 0.5) is 0 Å². The molecule has 90 valence electrons. The number of carboxylic acid groups (broad SMARTS) is 1. The van der Waals surface area contributed by atoms with Crippen molar-refractivity contribution in [3.05, 3.63) is 22.8 Å². The van der Waals surface area contributed by atoms with Crippen molar-refractivity contribution < 1.29 is 24.2 Å². The van der Waals surface area contributed by atoms with E-state index in [1.165, 1.54) is 0 Å². The van der Waals surface area contributed by atoms with Gasteiger partial charge in [0.1, 0.15) is 6.29 Å². The van der Waals surface area contributed by atoms with Gasteiger partial charge in [-0.2, -0.15) is 0 Å². The Morgan fingerprint density at radius 1 is 1.53 bits per heavy atom. The Morgan fingerprint density at radius 3 is 2.82 bits per heavy atom. The molecule has 1 aliphatic rings. The number of carbonyl (C=O) groups excluding carboxylic acids is 1. The van der Waals surface area contributed by atoms with Gasteiger partial charge in [-0.15, -0.1) is 0 Å². The normalized spacial score (nSPS) is 16.9. The lowest BCUT2D eigenvalue weighted by atomic mass is 9.98. The van der Waals surface area contributed by atoms with E-state index in [1.54, 1.807) is 19.9 Å². The third-order valence-electron chi connectivity index (χ3n) is 2.66. The largest absolute Gasteiger partial charge is 0.478 e. The number of fused-ring (bicyclic) bond motifs is 1. The molecule has 0 fully saturated rings. The monoisotopic (exact) mass is 236 g/mol. The van der Waals surface area contributed by atoms with Gasteiger partial charge in [0.15, 0.2) is 11.5 Å². The fraction of sp³-hybridized carbons (Fsp3) is 0.333. The average Bonchev–Trinajstić information content (AvgIpc) is 2.59. The fourth-order valence-corrected chi connectivity index (χ4v) is 1.99. The number of aromatic carboxylic acids is 1. The minimum Gasteiger partial charge on any atom is -0.478 e. The lowest BCUT2D eigenvalue weighted by Gasteiger charge is -2.09. The van der Waals surface area contributed by atoms with Crippen molar-refractivity contribution in [1.29, 1.82) is 0 Å². The van der Waals surface area contributed by atoms with E-state index in [9.17, 15) is 9.59 Å². The number of hydrogen-bond acceptors (Lipinski definition) is 4. The van der Waals surface area contributed by atoms with Gasteiger partial charge in [0.05, 0.1) is 5.56 Å². The first-order chi connectivity index (χ1) is 8.04. The second kappa shape index (κ2) is 4.08. The summed E-state index contributed by atoms with van der Waals surface area (Å²) in [4.78, 5) is 21.7. The molecule has 5 heteroatoms. The number of ether oxygens (including phenoxy) is 2. The predicted octanol–water partition coefficient (Wildman–Crippen LogP) is 1.55. The number of hydrogen-bond donors (Lipinski definition) is 1. The van der Waals surface area contributed by atoms with Crippen LogP contribution in [-0.2, 0) is 11.2 Å². The summed E-state index contributed by atoms with van der Waals surface area (Å²) >= 11 is 0. The molecule has 0 aliphatic carbocycles. The summed E-state index contributed by atoms with van der Waals surface area (Å²) in [6.07, 6.45) is 0.289. The molecule has 0 amide bonds. The minimum atomic E-state index is -1.06. The van der Waals surface area contributed by atoms with Gasteiger partial charge in [-0.05, 0) is 18.6 Å². The van der Waals surface area contributed by atoms with Crippen molar-refractivity contribution in [2.75, 3.05) is 0 Å². The summed E-state index contributed by atoms with van der Waals surface area (Å²) in [5.41, 5.74) is 1.06. The van der Waals surface area contributed by atoms with Crippen molar-refractivity contribution >= 4 is 12.3 Å².